The van der Waals surface area contributed by atoms with Gasteiger partial charge in [-0.15, -0.1) is 0 Å². The molecule has 1 heterocycles. The number of aliphatic hydroxyl groups is 1. The van der Waals surface area contributed by atoms with Crippen molar-refractivity contribution in [3.63, 3.8) is 0 Å². The Morgan fingerprint density at radius 2 is 1.82 bits per heavy atom. The number of anilines is 1. The molecule has 0 aliphatic rings. The molecular weight excluding hydrogens is 465 g/mol. The summed E-state index contributed by atoms with van der Waals surface area (Å²) in [6, 6.07) is 5.50. The summed E-state index contributed by atoms with van der Waals surface area (Å²) >= 11 is 0. The second-order valence-electron chi connectivity index (χ2n) is 7.99. The van der Waals surface area contributed by atoms with Crippen molar-refractivity contribution in [2.75, 3.05) is 24.7 Å². The van der Waals surface area contributed by atoms with Crippen LogP contribution in [-0.4, -0.2) is 61.8 Å². The first-order chi connectivity index (χ1) is 15.8. The number of nitrogens with zero attached hydrogens (tertiary/aromatic N) is 3. The Kier molecular flexibility index (Phi) is 9.00. The lowest BCUT2D eigenvalue weighted by molar-refractivity contribution is -0.143. The maximum absolute atomic E-state index is 13.5. The summed E-state index contributed by atoms with van der Waals surface area (Å²) in [4.78, 5) is 32.0. The lowest BCUT2D eigenvalue weighted by atomic mass is 9.97. The zero-order chi connectivity index (χ0) is 25.6. The van der Waals surface area contributed by atoms with Gasteiger partial charge in [0.25, 0.3) is 0 Å². The third-order valence-corrected chi connectivity index (χ3v) is 6.06. The largest absolute Gasteiger partial charge is 0.469 e. The summed E-state index contributed by atoms with van der Waals surface area (Å²) in [6.45, 7) is 3.71. The number of methoxy groups -OCH3 is 1. The highest BCUT2D eigenvalue weighted by atomic mass is 32.2. The van der Waals surface area contributed by atoms with E-state index in [9.17, 15) is 27.5 Å². The van der Waals surface area contributed by atoms with Crippen molar-refractivity contribution in [3.05, 3.63) is 47.4 Å². The molecule has 34 heavy (non-hydrogen) atoms. The summed E-state index contributed by atoms with van der Waals surface area (Å²) in [7, 11) is -1.16. The van der Waals surface area contributed by atoms with E-state index in [1.54, 1.807) is 0 Å². The van der Waals surface area contributed by atoms with Gasteiger partial charge in [-0.3, -0.25) is 9.59 Å². The van der Waals surface area contributed by atoms with E-state index in [0.29, 0.717) is 22.5 Å². The van der Waals surface area contributed by atoms with E-state index in [0.717, 1.165) is 10.6 Å². The van der Waals surface area contributed by atoms with Crippen LogP contribution in [0.5, 0.6) is 0 Å². The highest BCUT2D eigenvalue weighted by molar-refractivity contribution is 7.92. The quantitative estimate of drug-likeness (QED) is 0.395. The number of carbonyl (C=O) groups excluding carboxylic acids is 2. The number of carbonyl (C=O) groups is 2. The van der Waals surface area contributed by atoms with Crippen LogP contribution in [-0.2, 0) is 24.3 Å². The van der Waals surface area contributed by atoms with E-state index in [2.05, 4.69) is 14.7 Å². The molecule has 0 saturated heterocycles. The number of sulfonamides is 1. The Balaban J connectivity index is 2.58. The Morgan fingerprint density at radius 1 is 1.21 bits per heavy atom. The molecule has 0 bridgehead atoms. The Bertz CT molecular complexity index is 1180. The molecule has 0 aliphatic carbocycles. The molecule has 1 aromatic carbocycles. The average molecular weight is 494 g/mol. The maximum Gasteiger partial charge on any atom is 0.313 e. The second kappa shape index (κ2) is 11.3. The van der Waals surface area contributed by atoms with E-state index >= 15 is 0 Å². The van der Waals surface area contributed by atoms with E-state index in [1.165, 1.54) is 50.6 Å². The number of benzene rings is 1. The normalized spacial score (nSPS) is 12.7. The predicted octanol–water partition coefficient (Wildman–Crippen LogP) is 2.70. The van der Waals surface area contributed by atoms with E-state index in [4.69, 9.17) is 0 Å². The van der Waals surface area contributed by atoms with Gasteiger partial charge in [0.05, 0.1) is 30.9 Å². The average Bonchev–Trinajstić information content (AvgIpc) is 2.76. The zero-order valence-corrected chi connectivity index (χ0v) is 20.5. The van der Waals surface area contributed by atoms with Crippen LogP contribution in [0, 0.1) is 5.82 Å². The van der Waals surface area contributed by atoms with Gasteiger partial charge in [0.1, 0.15) is 18.0 Å². The van der Waals surface area contributed by atoms with Gasteiger partial charge in [-0.2, -0.15) is 0 Å². The first-order valence-electron chi connectivity index (χ1n) is 10.4. The highest BCUT2D eigenvalue weighted by Crippen LogP contribution is 2.31. The van der Waals surface area contributed by atoms with Gasteiger partial charge in [-0.1, -0.05) is 26.0 Å². The number of aliphatic hydroxyl groups excluding tert-OH is 1. The minimum atomic E-state index is -3.65. The number of halogens is 1. The van der Waals surface area contributed by atoms with Crippen molar-refractivity contribution >= 4 is 33.8 Å². The van der Waals surface area contributed by atoms with Crippen molar-refractivity contribution in [1.82, 2.24) is 9.97 Å². The molecule has 0 radical (unpaired) electrons. The van der Waals surface area contributed by atoms with E-state index in [-0.39, 0.29) is 18.3 Å². The van der Waals surface area contributed by atoms with E-state index < -0.39 is 40.1 Å². The van der Waals surface area contributed by atoms with Crippen molar-refractivity contribution in [1.29, 1.82) is 0 Å². The number of ether oxygens (including phenoxy) is 1. The van der Waals surface area contributed by atoms with Gasteiger partial charge in [-0.25, -0.2) is 27.1 Å². The number of ketones is 1. The van der Waals surface area contributed by atoms with Gasteiger partial charge in [0.15, 0.2) is 0 Å². The molecule has 0 unspecified atom stereocenters. The third-order valence-electron chi connectivity index (χ3n) is 4.90. The standard InChI is InChI=1S/C23H28FN3O6S/c1-14(2)21-19(11-10-17(28)12-18(29)13-20(30)33-4)22(15-6-8-16(24)9-7-15)26-23(25-21)27(3)34(5,31)32/h6-11,14,17,28H,12-13H2,1-5H3/b11-10+/t17-/m1/s1. The van der Waals surface area contributed by atoms with Crippen LogP contribution in [0.4, 0.5) is 10.3 Å². The van der Waals surface area contributed by atoms with Crippen molar-refractivity contribution in [2.24, 2.45) is 0 Å². The molecule has 11 heteroatoms. The fourth-order valence-electron chi connectivity index (χ4n) is 3.01. The van der Waals surface area contributed by atoms with Gasteiger partial charge < -0.3 is 9.84 Å². The van der Waals surface area contributed by atoms with Gasteiger partial charge >= 0.3 is 5.97 Å². The molecule has 0 aliphatic heterocycles. The summed E-state index contributed by atoms with van der Waals surface area (Å²) in [5.74, 6) is -1.87. The molecule has 2 rings (SSSR count). The smallest absolute Gasteiger partial charge is 0.313 e. The molecule has 184 valence electrons. The minimum Gasteiger partial charge on any atom is -0.469 e. The van der Waals surface area contributed by atoms with Crippen molar-refractivity contribution < 1.29 is 32.2 Å². The molecule has 0 fully saturated rings. The van der Waals surface area contributed by atoms with Crippen LogP contribution in [0.2, 0.25) is 0 Å². The second-order valence-corrected chi connectivity index (χ2v) is 10.00. The Morgan fingerprint density at radius 3 is 2.35 bits per heavy atom. The van der Waals surface area contributed by atoms with Crippen LogP contribution in [0.1, 0.15) is 43.9 Å². The minimum absolute atomic E-state index is 0.0588. The lowest BCUT2D eigenvalue weighted by Gasteiger charge is -2.20. The molecule has 0 amide bonds. The van der Waals surface area contributed by atoms with Crippen LogP contribution in [0.15, 0.2) is 30.3 Å². The molecular formula is C23H28FN3O6S. The summed E-state index contributed by atoms with van der Waals surface area (Å²) < 4.78 is 43.1. The topological polar surface area (TPSA) is 127 Å². The molecule has 0 spiro atoms. The van der Waals surface area contributed by atoms with Gasteiger partial charge in [0, 0.05) is 24.6 Å². The molecule has 9 nitrogen and oxygen atoms in total. The molecule has 1 atom stereocenters. The lowest BCUT2D eigenvalue weighted by Crippen LogP contribution is -2.27. The first-order valence-corrected chi connectivity index (χ1v) is 12.2. The molecule has 1 aromatic heterocycles. The number of aromatic nitrogens is 2. The number of rotatable bonds is 10. The van der Waals surface area contributed by atoms with Crippen molar-refractivity contribution in [3.8, 4) is 11.3 Å². The number of Topliss-reactive ketones (excluding diaryl/α,β-unsaturated/α-hetero) is 1. The number of hydrogen-bond acceptors (Lipinski definition) is 8. The number of hydrogen-bond donors (Lipinski definition) is 1. The zero-order valence-electron chi connectivity index (χ0n) is 19.6. The molecule has 0 saturated carbocycles. The van der Waals surface area contributed by atoms with E-state index in [1.807, 2.05) is 13.8 Å². The van der Waals surface area contributed by atoms with Crippen molar-refractivity contribution in [2.45, 2.75) is 38.7 Å². The Hall–Kier alpha value is -3.18. The fraction of sp³-hybridized carbons (Fsp3) is 0.391. The Labute approximate surface area is 198 Å². The summed E-state index contributed by atoms with van der Waals surface area (Å²) in [5, 5.41) is 10.3. The number of esters is 1. The third kappa shape index (κ3) is 7.16. The van der Waals surface area contributed by atoms with Gasteiger partial charge in [0.2, 0.25) is 16.0 Å². The van der Waals surface area contributed by atoms with Crippen LogP contribution >= 0.6 is 0 Å². The monoisotopic (exact) mass is 493 g/mol. The first kappa shape index (κ1) is 27.1. The van der Waals surface area contributed by atoms with Crippen LogP contribution in [0.25, 0.3) is 17.3 Å². The highest BCUT2D eigenvalue weighted by Gasteiger charge is 2.22. The van der Waals surface area contributed by atoms with Crippen LogP contribution in [0.3, 0.4) is 0 Å². The maximum atomic E-state index is 13.5. The SMILES string of the molecule is COC(=O)CC(=O)C[C@H](O)/C=C/c1c(-c2ccc(F)cc2)nc(N(C)S(C)(=O)=O)nc1C(C)C. The van der Waals surface area contributed by atoms with Crippen LogP contribution < -0.4 is 4.31 Å². The molecule has 1 N–H and O–H groups in total. The summed E-state index contributed by atoms with van der Waals surface area (Å²) in [6.07, 6.45) is 1.98. The summed E-state index contributed by atoms with van der Waals surface area (Å²) in [5.41, 5.74) is 1.80. The fourth-order valence-corrected chi connectivity index (χ4v) is 3.39. The van der Waals surface area contributed by atoms with Gasteiger partial charge in [-0.05, 0) is 30.2 Å². The predicted molar refractivity (Wildman–Crippen MR) is 126 cm³/mol. The molecule has 2 aromatic rings.